The lowest BCUT2D eigenvalue weighted by Gasteiger charge is -2.28. The van der Waals surface area contributed by atoms with Gasteiger partial charge in [0.2, 0.25) is 5.91 Å². The Kier molecular flexibility index (Phi) is 8.73. The van der Waals surface area contributed by atoms with Crippen molar-refractivity contribution < 1.29 is 28.6 Å². The average Bonchev–Trinajstić information content (AvgIpc) is 3.20. The summed E-state index contributed by atoms with van der Waals surface area (Å²) in [5.74, 6) is 0.435. The number of hydrogen-bond donors (Lipinski definition) is 0. The van der Waals surface area contributed by atoms with Gasteiger partial charge in [0.15, 0.2) is 11.5 Å². The smallest absolute Gasteiger partial charge is 0.294 e. The molecule has 202 valence electrons. The maximum absolute atomic E-state index is 13.0. The summed E-state index contributed by atoms with van der Waals surface area (Å²) in [6.07, 6.45) is 1.65. The lowest BCUT2D eigenvalue weighted by Crippen LogP contribution is -2.46. The molecular formula is C29H27IN2O6S. The van der Waals surface area contributed by atoms with Crippen LogP contribution in [0.1, 0.15) is 18.1 Å². The number of carbonyl (C=O) groups excluding carboxylic acids is 3. The molecule has 0 aromatic heterocycles. The minimum absolute atomic E-state index is 0.261. The Morgan fingerprint density at radius 3 is 2.59 bits per heavy atom. The molecule has 5 rings (SSSR count). The summed E-state index contributed by atoms with van der Waals surface area (Å²) in [6, 6.07) is 18.1. The number of amides is 3. The van der Waals surface area contributed by atoms with Gasteiger partial charge in [-0.25, -0.2) is 0 Å². The van der Waals surface area contributed by atoms with Gasteiger partial charge < -0.3 is 19.1 Å². The molecule has 2 saturated heterocycles. The van der Waals surface area contributed by atoms with Gasteiger partial charge in [0.1, 0.15) is 13.2 Å². The summed E-state index contributed by atoms with van der Waals surface area (Å²) >= 11 is 3.02. The maximum Gasteiger partial charge on any atom is 0.294 e. The van der Waals surface area contributed by atoms with Gasteiger partial charge in [-0.3, -0.25) is 19.3 Å². The molecule has 2 heterocycles. The zero-order valence-electron chi connectivity index (χ0n) is 21.4. The Balaban J connectivity index is 1.32. The number of thioether (sulfide) groups is 1. The molecule has 0 radical (unpaired) electrons. The summed E-state index contributed by atoms with van der Waals surface area (Å²) < 4.78 is 18.2. The molecule has 0 spiro atoms. The van der Waals surface area contributed by atoms with Crippen molar-refractivity contribution in [3.63, 3.8) is 0 Å². The lowest BCUT2D eigenvalue weighted by atomic mass is 10.1. The van der Waals surface area contributed by atoms with Crippen LogP contribution in [0.2, 0.25) is 0 Å². The number of ether oxygens (including phenoxy) is 3. The first-order chi connectivity index (χ1) is 18.9. The van der Waals surface area contributed by atoms with Gasteiger partial charge in [-0.2, -0.15) is 0 Å². The van der Waals surface area contributed by atoms with Crippen LogP contribution < -0.4 is 9.47 Å². The molecule has 2 aliphatic heterocycles. The van der Waals surface area contributed by atoms with Crippen LogP contribution in [0.15, 0.2) is 59.5 Å². The topological polar surface area (TPSA) is 85.4 Å². The number of imide groups is 1. The first-order valence-corrected chi connectivity index (χ1v) is 14.5. The molecule has 0 N–H and O–H groups in total. The molecule has 2 aliphatic rings. The molecule has 0 aliphatic carbocycles. The van der Waals surface area contributed by atoms with E-state index in [0.717, 1.165) is 31.2 Å². The van der Waals surface area contributed by atoms with Gasteiger partial charge in [-0.15, -0.1) is 0 Å². The first-order valence-electron chi connectivity index (χ1n) is 12.6. The molecular weight excluding hydrogens is 631 g/mol. The maximum atomic E-state index is 13.0. The quantitative estimate of drug-likeness (QED) is 0.240. The van der Waals surface area contributed by atoms with Crippen LogP contribution in [0.5, 0.6) is 11.5 Å². The Morgan fingerprint density at radius 1 is 1.05 bits per heavy atom. The standard InChI is InChI=1S/C29H27IN2O6S/c1-2-37-24-15-20(14-23(30)27(24)38-18-19-7-8-21-5-3-4-6-22(21)13-19)16-25-28(34)32(29(35)39-25)17-26(33)31-9-11-36-12-10-31/h3-8,13-16H,2,9-12,17-18H2,1H3/b25-16+. The van der Waals surface area contributed by atoms with Crippen LogP contribution in [-0.2, 0) is 20.9 Å². The normalized spacial score (nSPS) is 16.8. The van der Waals surface area contributed by atoms with E-state index in [-0.39, 0.29) is 17.4 Å². The van der Waals surface area contributed by atoms with E-state index in [0.29, 0.717) is 56.6 Å². The second-order valence-electron chi connectivity index (χ2n) is 8.99. The Labute approximate surface area is 244 Å². The van der Waals surface area contributed by atoms with Crippen LogP contribution in [0.3, 0.4) is 0 Å². The Hall–Kier alpha value is -3.09. The van der Waals surface area contributed by atoms with Crippen LogP contribution in [0, 0.1) is 3.57 Å². The number of benzene rings is 3. The SMILES string of the molecule is CCOc1cc(/C=C2/SC(=O)N(CC(=O)N3CCOCC3)C2=O)cc(I)c1OCc1ccc2ccccc2c1. The van der Waals surface area contributed by atoms with Crippen molar-refractivity contribution in [2.24, 2.45) is 0 Å². The average molecular weight is 659 g/mol. The molecule has 39 heavy (non-hydrogen) atoms. The van der Waals surface area contributed by atoms with E-state index >= 15 is 0 Å². The molecule has 0 unspecified atom stereocenters. The zero-order valence-corrected chi connectivity index (χ0v) is 24.3. The van der Waals surface area contributed by atoms with Crippen molar-refractivity contribution >= 4 is 68.3 Å². The molecule has 3 aromatic carbocycles. The first kappa shape index (κ1) is 27.5. The number of rotatable bonds is 8. The number of morpholine rings is 1. The van der Waals surface area contributed by atoms with E-state index in [1.165, 1.54) is 5.39 Å². The van der Waals surface area contributed by atoms with Gasteiger partial charge in [0, 0.05) is 13.1 Å². The van der Waals surface area contributed by atoms with Crippen LogP contribution >= 0.6 is 34.4 Å². The number of hydrogen-bond acceptors (Lipinski definition) is 7. The summed E-state index contributed by atoms with van der Waals surface area (Å²) in [5, 5.41) is 1.86. The van der Waals surface area contributed by atoms with Gasteiger partial charge in [-0.1, -0.05) is 36.4 Å². The van der Waals surface area contributed by atoms with Gasteiger partial charge in [0.25, 0.3) is 11.1 Å². The Morgan fingerprint density at radius 2 is 1.82 bits per heavy atom. The third-order valence-electron chi connectivity index (χ3n) is 6.36. The Bertz CT molecular complexity index is 1450. The van der Waals surface area contributed by atoms with Crippen LogP contribution in [0.4, 0.5) is 4.79 Å². The number of nitrogens with zero attached hydrogens (tertiary/aromatic N) is 2. The van der Waals surface area contributed by atoms with Crippen molar-refractivity contribution in [1.82, 2.24) is 9.80 Å². The molecule has 0 bridgehead atoms. The highest BCUT2D eigenvalue weighted by molar-refractivity contribution is 14.1. The summed E-state index contributed by atoms with van der Waals surface area (Å²) in [5.41, 5.74) is 1.74. The zero-order chi connectivity index (χ0) is 27.4. The number of carbonyl (C=O) groups is 3. The predicted molar refractivity (Wildman–Crippen MR) is 159 cm³/mol. The van der Waals surface area contributed by atoms with Crippen molar-refractivity contribution in [3.05, 3.63) is 74.2 Å². The molecule has 10 heteroatoms. The molecule has 3 amide bonds. The van der Waals surface area contributed by atoms with Crippen molar-refractivity contribution in [1.29, 1.82) is 0 Å². The van der Waals surface area contributed by atoms with Crippen molar-refractivity contribution in [2.75, 3.05) is 39.5 Å². The lowest BCUT2D eigenvalue weighted by molar-refractivity contribution is -0.139. The predicted octanol–water partition coefficient (Wildman–Crippen LogP) is 5.32. The van der Waals surface area contributed by atoms with Gasteiger partial charge in [-0.05, 0) is 87.5 Å². The fourth-order valence-electron chi connectivity index (χ4n) is 4.39. The third kappa shape index (κ3) is 6.39. The third-order valence-corrected chi connectivity index (χ3v) is 8.07. The summed E-state index contributed by atoms with van der Waals surface area (Å²) in [7, 11) is 0. The van der Waals surface area contributed by atoms with E-state index in [1.54, 1.807) is 17.0 Å². The molecule has 0 atom stereocenters. The van der Waals surface area contributed by atoms with E-state index in [9.17, 15) is 14.4 Å². The fourth-order valence-corrected chi connectivity index (χ4v) is 6.01. The van der Waals surface area contributed by atoms with E-state index < -0.39 is 11.1 Å². The molecule has 8 nitrogen and oxygen atoms in total. The largest absolute Gasteiger partial charge is 0.490 e. The summed E-state index contributed by atoms with van der Waals surface area (Å²) in [4.78, 5) is 41.1. The molecule has 3 aromatic rings. The monoisotopic (exact) mass is 658 g/mol. The van der Waals surface area contributed by atoms with Crippen molar-refractivity contribution in [2.45, 2.75) is 13.5 Å². The highest BCUT2D eigenvalue weighted by atomic mass is 127. The molecule has 0 saturated carbocycles. The highest BCUT2D eigenvalue weighted by Crippen LogP contribution is 2.38. The minimum atomic E-state index is -0.476. The van der Waals surface area contributed by atoms with E-state index in [2.05, 4.69) is 46.9 Å². The fraction of sp³-hybridized carbons (Fsp3) is 0.276. The second kappa shape index (κ2) is 12.4. The number of halogens is 1. The van der Waals surface area contributed by atoms with Crippen LogP contribution in [0.25, 0.3) is 16.8 Å². The second-order valence-corrected chi connectivity index (χ2v) is 11.1. The van der Waals surface area contributed by atoms with E-state index in [1.807, 2.05) is 31.2 Å². The van der Waals surface area contributed by atoms with Gasteiger partial charge >= 0.3 is 0 Å². The number of fused-ring (bicyclic) bond motifs is 1. The highest BCUT2D eigenvalue weighted by Gasteiger charge is 2.37. The minimum Gasteiger partial charge on any atom is -0.490 e. The summed E-state index contributed by atoms with van der Waals surface area (Å²) in [6.45, 7) is 4.25. The molecule has 2 fully saturated rings. The van der Waals surface area contributed by atoms with Crippen LogP contribution in [-0.4, -0.2) is 66.3 Å². The van der Waals surface area contributed by atoms with E-state index in [4.69, 9.17) is 14.2 Å². The van der Waals surface area contributed by atoms with Gasteiger partial charge in [0.05, 0.1) is 28.3 Å². The van der Waals surface area contributed by atoms with Crippen molar-refractivity contribution in [3.8, 4) is 11.5 Å².